The summed E-state index contributed by atoms with van der Waals surface area (Å²) < 4.78 is 0. The normalized spacial score (nSPS) is 20.4. The van der Waals surface area contributed by atoms with E-state index in [4.69, 9.17) is 5.73 Å². The van der Waals surface area contributed by atoms with E-state index < -0.39 is 6.04 Å². The summed E-state index contributed by atoms with van der Waals surface area (Å²) in [5.41, 5.74) is 9.68. The molecule has 4 rings (SSSR count). The summed E-state index contributed by atoms with van der Waals surface area (Å²) in [5, 5.41) is 11.2. The van der Waals surface area contributed by atoms with Crippen molar-refractivity contribution in [3.63, 3.8) is 0 Å². The molecule has 0 bridgehead atoms. The van der Waals surface area contributed by atoms with Gasteiger partial charge < -0.3 is 20.9 Å². The number of aryl methyl sites for hydroxylation is 1. The molecule has 0 unspecified atom stereocenters. The van der Waals surface area contributed by atoms with E-state index in [-0.39, 0.29) is 23.3 Å². The Labute approximate surface area is 183 Å². The Bertz CT molecular complexity index is 962. The molecule has 2 aliphatic rings. The zero-order valence-electron chi connectivity index (χ0n) is 18.8. The van der Waals surface area contributed by atoms with Crippen LogP contribution in [0, 0.1) is 12.3 Å². The number of benzene rings is 1. The molecule has 0 aliphatic carbocycles. The maximum Gasteiger partial charge on any atom is 0.239 e. The summed E-state index contributed by atoms with van der Waals surface area (Å²) in [6.07, 6.45) is 5.22. The summed E-state index contributed by atoms with van der Waals surface area (Å²) in [6.45, 7) is 6.98. The molecule has 1 aromatic heterocycles. The van der Waals surface area contributed by atoms with E-state index in [1.807, 2.05) is 30.7 Å². The fraction of sp³-hybridized carbons (Fsp3) is 0.609. The van der Waals surface area contributed by atoms with Gasteiger partial charge in [-0.3, -0.25) is 14.7 Å². The number of amides is 2. The Hall–Kier alpha value is -2.45. The maximum absolute atomic E-state index is 13.1. The molecule has 1 aromatic carbocycles. The van der Waals surface area contributed by atoms with E-state index >= 15 is 0 Å². The number of aromatic amines is 1. The van der Waals surface area contributed by atoms with Crippen molar-refractivity contribution in [2.45, 2.75) is 51.6 Å². The van der Waals surface area contributed by atoms with Crippen molar-refractivity contribution in [3.8, 4) is 0 Å². The molecule has 0 saturated carbocycles. The van der Waals surface area contributed by atoms with Gasteiger partial charge >= 0.3 is 0 Å². The van der Waals surface area contributed by atoms with Crippen molar-refractivity contribution in [2.24, 2.45) is 11.1 Å². The number of carbonyl (C=O) groups excluding carboxylic acids is 2. The number of fused-ring (bicyclic) bond motifs is 1. The SMILES string of the molecule is CN[C@H](C)C(=O)N1CCC2(CCN(C(=O)[C@H](N)Cc3cc(C)c4[nH]ncc4c3)C2)CC1. The minimum Gasteiger partial charge on any atom is -0.341 e. The summed E-state index contributed by atoms with van der Waals surface area (Å²) in [4.78, 5) is 29.4. The van der Waals surface area contributed by atoms with Gasteiger partial charge in [0.05, 0.1) is 23.8 Å². The molecule has 3 heterocycles. The Morgan fingerprint density at radius 1 is 1.19 bits per heavy atom. The number of H-pyrrole nitrogens is 1. The highest BCUT2D eigenvalue weighted by atomic mass is 16.2. The van der Waals surface area contributed by atoms with Crippen LogP contribution in [-0.4, -0.2) is 77.1 Å². The first kappa shape index (κ1) is 21.8. The second kappa shape index (κ2) is 8.59. The summed E-state index contributed by atoms with van der Waals surface area (Å²) in [5.74, 6) is 0.194. The van der Waals surface area contributed by atoms with Crippen molar-refractivity contribution < 1.29 is 9.59 Å². The van der Waals surface area contributed by atoms with Gasteiger partial charge in [-0.15, -0.1) is 0 Å². The number of rotatable bonds is 5. The average molecular weight is 427 g/mol. The second-order valence-electron chi connectivity index (χ2n) is 9.40. The van der Waals surface area contributed by atoms with Crippen LogP contribution < -0.4 is 11.1 Å². The number of hydrogen-bond donors (Lipinski definition) is 3. The quantitative estimate of drug-likeness (QED) is 0.666. The lowest BCUT2D eigenvalue weighted by Crippen LogP contribution is -2.50. The van der Waals surface area contributed by atoms with Gasteiger partial charge in [0.1, 0.15) is 0 Å². The van der Waals surface area contributed by atoms with Crippen molar-refractivity contribution in [3.05, 3.63) is 29.5 Å². The highest BCUT2D eigenvalue weighted by Crippen LogP contribution is 2.40. The van der Waals surface area contributed by atoms with Crippen LogP contribution in [0.3, 0.4) is 0 Å². The second-order valence-corrected chi connectivity index (χ2v) is 9.40. The number of carbonyl (C=O) groups is 2. The number of nitrogens with zero attached hydrogens (tertiary/aromatic N) is 3. The third-order valence-corrected chi connectivity index (χ3v) is 7.27. The lowest BCUT2D eigenvalue weighted by molar-refractivity contribution is -0.136. The molecule has 2 fully saturated rings. The van der Waals surface area contributed by atoms with Gasteiger partial charge in [0, 0.05) is 31.6 Å². The van der Waals surface area contributed by atoms with Crippen LogP contribution in [0.25, 0.3) is 10.9 Å². The smallest absolute Gasteiger partial charge is 0.239 e. The van der Waals surface area contributed by atoms with E-state index in [2.05, 4.69) is 27.6 Å². The third kappa shape index (κ3) is 4.32. The first-order chi connectivity index (χ1) is 14.8. The zero-order valence-corrected chi connectivity index (χ0v) is 18.8. The number of likely N-dealkylation sites (N-methyl/N-ethyl adjacent to an activating group) is 1. The monoisotopic (exact) mass is 426 g/mol. The molecule has 4 N–H and O–H groups in total. The van der Waals surface area contributed by atoms with Crippen LogP contribution in [0.15, 0.2) is 18.3 Å². The molecule has 2 saturated heterocycles. The fourth-order valence-electron chi connectivity index (χ4n) is 5.14. The van der Waals surface area contributed by atoms with Crippen molar-refractivity contribution in [1.82, 2.24) is 25.3 Å². The van der Waals surface area contributed by atoms with E-state index in [0.29, 0.717) is 6.42 Å². The van der Waals surface area contributed by atoms with Crippen LogP contribution in [-0.2, 0) is 16.0 Å². The Morgan fingerprint density at radius 3 is 2.55 bits per heavy atom. The number of nitrogens with one attached hydrogen (secondary N) is 2. The zero-order chi connectivity index (χ0) is 22.2. The minimum atomic E-state index is -0.544. The Balaban J connectivity index is 1.34. The maximum atomic E-state index is 13.1. The lowest BCUT2D eigenvalue weighted by atomic mass is 9.77. The highest BCUT2D eigenvalue weighted by molar-refractivity contribution is 5.84. The largest absolute Gasteiger partial charge is 0.341 e. The highest BCUT2D eigenvalue weighted by Gasteiger charge is 2.43. The molecule has 8 nitrogen and oxygen atoms in total. The van der Waals surface area contributed by atoms with E-state index in [9.17, 15) is 9.59 Å². The van der Waals surface area contributed by atoms with E-state index in [1.54, 1.807) is 6.20 Å². The third-order valence-electron chi connectivity index (χ3n) is 7.27. The van der Waals surface area contributed by atoms with Crippen LogP contribution in [0.1, 0.15) is 37.3 Å². The van der Waals surface area contributed by atoms with E-state index in [0.717, 1.165) is 67.5 Å². The summed E-state index contributed by atoms with van der Waals surface area (Å²) in [7, 11) is 1.81. The van der Waals surface area contributed by atoms with Crippen LogP contribution >= 0.6 is 0 Å². The predicted octanol–water partition coefficient (Wildman–Crippen LogP) is 1.19. The minimum absolute atomic E-state index is 0.0316. The first-order valence-electron chi connectivity index (χ1n) is 11.2. The molecule has 0 radical (unpaired) electrons. The van der Waals surface area contributed by atoms with Gasteiger partial charge in [-0.05, 0) is 69.2 Å². The lowest BCUT2D eigenvalue weighted by Gasteiger charge is -2.40. The predicted molar refractivity (Wildman–Crippen MR) is 120 cm³/mol. The molecular formula is C23H34N6O2. The van der Waals surface area contributed by atoms with Crippen LogP contribution in [0.5, 0.6) is 0 Å². The van der Waals surface area contributed by atoms with E-state index in [1.165, 1.54) is 0 Å². The first-order valence-corrected chi connectivity index (χ1v) is 11.2. The Kier molecular flexibility index (Phi) is 6.03. The fourth-order valence-corrected chi connectivity index (χ4v) is 5.14. The number of aromatic nitrogens is 2. The van der Waals surface area contributed by atoms with Gasteiger partial charge in [-0.25, -0.2) is 0 Å². The molecule has 168 valence electrons. The van der Waals surface area contributed by atoms with Gasteiger partial charge in [0.2, 0.25) is 11.8 Å². The molecular weight excluding hydrogens is 392 g/mol. The summed E-state index contributed by atoms with van der Waals surface area (Å²) >= 11 is 0. The molecule has 2 aromatic rings. The Morgan fingerprint density at radius 2 is 1.87 bits per heavy atom. The molecule has 2 atom stereocenters. The molecule has 2 aliphatic heterocycles. The number of likely N-dealkylation sites (tertiary alicyclic amines) is 2. The van der Waals surface area contributed by atoms with Crippen molar-refractivity contribution >= 4 is 22.7 Å². The van der Waals surface area contributed by atoms with Crippen molar-refractivity contribution in [2.75, 3.05) is 33.2 Å². The molecule has 1 spiro atoms. The topological polar surface area (TPSA) is 107 Å². The van der Waals surface area contributed by atoms with Crippen LogP contribution in [0.2, 0.25) is 0 Å². The number of nitrogens with two attached hydrogens (primary N) is 1. The number of hydrogen-bond acceptors (Lipinski definition) is 5. The molecule has 2 amide bonds. The van der Waals surface area contributed by atoms with Crippen LogP contribution in [0.4, 0.5) is 0 Å². The standard InChI is InChI=1S/C23H34N6O2/c1-15-10-17(11-18-13-26-27-20(15)18)12-19(24)22(31)29-9-6-23(14-29)4-7-28(8-5-23)21(30)16(2)25-3/h10-11,13,16,19,25H,4-9,12,14,24H2,1-3H3,(H,26,27)/t16-,19-/m1/s1. The molecule has 8 heteroatoms. The van der Waals surface area contributed by atoms with Gasteiger partial charge in [-0.2, -0.15) is 5.10 Å². The number of piperidine rings is 1. The average Bonchev–Trinajstić information content (AvgIpc) is 3.40. The summed E-state index contributed by atoms with van der Waals surface area (Å²) in [6, 6.07) is 3.44. The molecule has 31 heavy (non-hydrogen) atoms. The van der Waals surface area contributed by atoms with Gasteiger partial charge in [-0.1, -0.05) is 6.07 Å². The van der Waals surface area contributed by atoms with Crippen molar-refractivity contribution in [1.29, 1.82) is 0 Å². The van der Waals surface area contributed by atoms with Gasteiger partial charge in [0.25, 0.3) is 0 Å². The van der Waals surface area contributed by atoms with Gasteiger partial charge in [0.15, 0.2) is 0 Å².